The first-order valence-electron chi connectivity index (χ1n) is 6.02. The van der Waals surface area contributed by atoms with Gasteiger partial charge in [-0.15, -0.1) is 0 Å². The highest BCUT2D eigenvalue weighted by Gasteiger charge is 2.33. The Labute approximate surface area is 112 Å². The minimum atomic E-state index is -1.07. The van der Waals surface area contributed by atoms with Crippen LogP contribution in [0, 0.1) is 21.7 Å². The highest BCUT2D eigenvalue weighted by molar-refractivity contribution is 5.68. The standard InChI is InChI=1S/C12H12F2N2O4/c13-9-5-8(16(19)20)6-10(14)12(9)15(7-1-2-7)4-3-11(17)18/h5-7H,1-4H2,(H,17,18). The highest BCUT2D eigenvalue weighted by Crippen LogP contribution is 2.36. The van der Waals surface area contributed by atoms with Crippen LogP contribution < -0.4 is 4.90 Å². The summed E-state index contributed by atoms with van der Waals surface area (Å²) in [5.74, 6) is -3.17. The van der Waals surface area contributed by atoms with Crippen LogP contribution in [-0.4, -0.2) is 28.6 Å². The van der Waals surface area contributed by atoms with Crippen molar-refractivity contribution in [3.8, 4) is 0 Å². The molecule has 6 nitrogen and oxygen atoms in total. The normalized spacial score (nSPS) is 14.1. The lowest BCUT2D eigenvalue weighted by molar-refractivity contribution is -0.385. The highest BCUT2D eigenvalue weighted by atomic mass is 19.1. The van der Waals surface area contributed by atoms with Gasteiger partial charge in [0.25, 0.3) is 5.69 Å². The smallest absolute Gasteiger partial charge is 0.305 e. The van der Waals surface area contributed by atoms with E-state index in [1.54, 1.807) is 0 Å². The predicted molar refractivity (Wildman–Crippen MR) is 65.6 cm³/mol. The van der Waals surface area contributed by atoms with Crippen molar-refractivity contribution in [3.05, 3.63) is 33.9 Å². The first-order chi connectivity index (χ1) is 9.40. The third kappa shape index (κ3) is 3.01. The predicted octanol–water partition coefficient (Wildman–Crippen LogP) is 2.32. The molecule has 0 radical (unpaired) electrons. The molecule has 108 valence electrons. The van der Waals surface area contributed by atoms with Crippen LogP contribution in [0.3, 0.4) is 0 Å². The van der Waals surface area contributed by atoms with Gasteiger partial charge in [-0.05, 0) is 12.8 Å². The van der Waals surface area contributed by atoms with E-state index in [1.165, 1.54) is 4.90 Å². The van der Waals surface area contributed by atoms with Crippen molar-refractivity contribution in [2.75, 3.05) is 11.4 Å². The zero-order chi connectivity index (χ0) is 14.9. The number of rotatable bonds is 6. The van der Waals surface area contributed by atoms with E-state index < -0.39 is 28.2 Å². The second-order valence-corrected chi connectivity index (χ2v) is 4.58. The molecule has 0 heterocycles. The molecule has 0 saturated heterocycles. The summed E-state index contributed by atoms with van der Waals surface area (Å²) in [6, 6.07) is 1.18. The van der Waals surface area contributed by atoms with E-state index in [4.69, 9.17) is 5.11 Å². The average Bonchev–Trinajstić information content (AvgIpc) is 3.15. The molecular formula is C12H12F2N2O4. The number of hydrogen-bond donors (Lipinski definition) is 1. The molecule has 2 rings (SSSR count). The Bertz CT molecular complexity index is 537. The maximum absolute atomic E-state index is 13.9. The van der Waals surface area contributed by atoms with Gasteiger partial charge >= 0.3 is 5.97 Å². The molecule has 0 unspecified atom stereocenters. The van der Waals surface area contributed by atoms with Crippen LogP contribution in [0.5, 0.6) is 0 Å². The lowest BCUT2D eigenvalue weighted by atomic mass is 10.2. The quantitative estimate of drug-likeness (QED) is 0.641. The fraction of sp³-hybridized carbons (Fsp3) is 0.417. The lowest BCUT2D eigenvalue weighted by Gasteiger charge is -2.24. The van der Waals surface area contributed by atoms with Crippen LogP contribution in [-0.2, 0) is 4.79 Å². The maximum atomic E-state index is 13.9. The summed E-state index contributed by atoms with van der Waals surface area (Å²) < 4.78 is 27.8. The SMILES string of the molecule is O=C(O)CCN(c1c(F)cc([N+](=O)[O-])cc1F)C1CC1. The van der Waals surface area contributed by atoms with Crippen LogP contribution in [0.2, 0.25) is 0 Å². The van der Waals surface area contributed by atoms with E-state index in [0.717, 1.165) is 12.8 Å². The van der Waals surface area contributed by atoms with Crippen LogP contribution in [0.1, 0.15) is 19.3 Å². The van der Waals surface area contributed by atoms with Gasteiger partial charge in [0, 0.05) is 12.6 Å². The first-order valence-corrected chi connectivity index (χ1v) is 6.02. The van der Waals surface area contributed by atoms with E-state index in [2.05, 4.69) is 0 Å². The summed E-state index contributed by atoms with van der Waals surface area (Å²) in [7, 11) is 0. The number of nitro benzene ring substituents is 1. The number of hydrogen-bond acceptors (Lipinski definition) is 4. The zero-order valence-corrected chi connectivity index (χ0v) is 10.4. The number of nitro groups is 1. The summed E-state index contributed by atoms with van der Waals surface area (Å²) >= 11 is 0. The molecule has 0 amide bonds. The van der Waals surface area contributed by atoms with Gasteiger partial charge < -0.3 is 10.0 Å². The Morgan fingerprint density at radius 2 is 1.95 bits per heavy atom. The molecule has 0 bridgehead atoms. The molecule has 1 aliphatic carbocycles. The summed E-state index contributed by atoms with van der Waals surface area (Å²) in [4.78, 5) is 21.6. The molecular weight excluding hydrogens is 274 g/mol. The number of aliphatic carboxylic acids is 1. The summed E-state index contributed by atoms with van der Waals surface area (Å²) in [6.07, 6.45) is 1.18. The number of benzene rings is 1. The Morgan fingerprint density at radius 1 is 1.40 bits per heavy atom. The number of carbonyl (C=O) groups is 1. The molecule has 0 spiro atoms. The van der Waals surface area contributed by atoms with E-state index >= 15 is 0 Å². The molecule has 1 aromatic rings. The molecule has 1 aliphatic rings. The number of anilines is 1. The van der Waals surface area contributed by atoms with Gasteiger partial charge in [-0.3, -0.25) is 14.9 Å². The third-order valence-electron chi connectivity index (χ3n) is 3.05. The van der Waals surface area contributed by atoms with Gasteiger partial charge in [0.1, 0.15) is 5.69 Å². The largest absolute Gasteiger partial charge is 0.481 e. The van der Waals surface area contributed by atoms with E-state index in [0.29, 0.717) is 12.1 Å². The second-order valence-electron chi connectivity index (χ2n) is 4.58. The monoisotopic (exact) mass is 286 g/mol. The van der Waals surface area contributed by atoms with Crippen molar-refractivity contribution >= 4 is 17.3 Å². The molecule has 1 aromatic carbocycles. The van der Waals surface area contributed by atoms with E-state index in [9.17, 15) is 23.7 Å². The van der Waals surface area contributed by atoms with Crippen molar-refractivity contribution in [1.29, 1.82) is 0 Å². The van der Waals surface area contributed by atoms with Gasteiger partial charge in [-0.25, -0.2) is 8.78 Å². The Balaban J connectivity index is 2.33. The van der Waals surface area contributed by atoms with E-state index in [-0.39, 0.29) is 24.7 Å². The van der Waals surface area contributed by atoms with Gasteiger partial charge in [-0.2, -0.15) is 0 Å². The van der Waals surface area contributed by atoms with E-state index in [1.807, 2.05) is 0 Å². The second kappa shape index (κ2) is 5.40. The minimum absolute atomic E-state index is 0.0361. The van der Waals surface area contributed by atoms with Crippen molar-refractivity contribution in [2.24, 2.45) is 0 Å². The van der Waals surface area contributed by atoms with Crippen LogP contribution in [0.15, 0.2) is 12.1 Å². The number of carboxylic acids is 1. The molecule has 1 fully saturated rings. The number of carboxylic acid groups (broad SMARTS) is 1. The van der Waals surface area contributed by atoms with Crippen molar-refractivity contribution in [1.82, 2.24) is 0 Å². The van der Waals surface area contributed by atoms with Gasteiger partial charge in [0.2, 0.25) is 0 Å². The van der Waals surface area contributed by atoms with Crippen LogP contribution >= 0.6 is 0 Å². The Kier molecular flexibility index (Phi) is 3.82. The van der Waals surface area contributed by atoms with Gasteiger partial charge in [-0.1, -0.05) is 0 Å². The summed E-state index contributed by atoms with van der Waals surface area (Å²) in [6.45, 7) is -0.0361. The zero-order valence-electron chi connectivity index (χ0n) is 10.4. The number of nitrogens with zero attached hydrogens (tertiary/aromatic N) is 2. The molecule has 0 aliphatic heterocycles. The Morgan fingerprint density at radius 3 is 2.35 bits per heavy atom. The third-order valence-corrected chi connectivity index (χ3v) is 3.05. The molecule has 0 atom stereocenters. The fourth-order valence-corrected chi connectivity index (χ4v) is 2.01. The molecule has 20 heavy (non-hydrogen) atoms. The molecule has 0 aromatic heterocycles. The maximum Gasteiger partial charge on any atom is 0.305 e. The van der Waals surface area contributed by atoms with Crippen molar-refractivity contribution < 1.29 is 23.6 Å². The fourth-order valence-electron chi connectivity index (χ4n) is 2.01. The van der Waals surface area contributed by atoms with Crippen molar-refractivity contribution in [3.63, 3.8) is 0 Å². The minimum Gasteiger partial charge on any atom is -0.481 e. The average molecular weight is 286 g/mol. The van der Waals surface area contributed by atoms with Gasteiger partial charge in [0.05, 0.1) is 23.5 Å². The number of halogens is 2. The first kappa shape index (κ1) is 14.2. The summed E-state index contributed by atoms with van der Waals surface area (Å²) in [5.41, 5.74) is -1.06. The Hall–Kier alpha value is -2.25. The topological polar surface area (TPSA) is 83.7 Å². The van der Waals surface area contributed by atoms with Crippen LogP contribution in [0.4, 0.5) is 20.2 Å². The molecule has 1 N–H and O–H groups in total. The molecule has 8 heteroatoms. The van der Waals surface area contributed by atoms with Crippen molar-refractivity contribution in [2.45, 2.75) is 25.3 Å². The lowest BCUT2D eigenvalue weighted by Crippen LogP contribution is -2.30. The molecule has 1 saturated carbocycles. The van der Waals surface area contributed by atoms with Gasteiger partial charge in [0.15, 0.2) is 11.6 Å². The van der Waals surface area contributed by atoms with Crippen LogP contribution in [0.25, 0.3) is 0 Å². The number of non-ortho nitro benzene ring substituents is 1. The summed E-state index contributed by atoms with van der Waals surface area (Å²) in [5, 5.41) is 19.2.